The van der Waals surface area contributed by atoms with Gasteiger partial charge >= 0.3 is 0 Å². The van der Waals surface area contributed by atoms with Crippen LogP contribution in [0.4, 0.5) is 17.1 Å². The molecule has 0 aromatic heterocycles. The van der Waals surface area contributed by atoms with Crippen LogP contribution < -0.4 is 24.2 Å². The predicted octanol–water partition coefficient (Wildman–Crippen LogP) is 4.87. The summed E-state index contributed by atoms with van der Waals surface area (Å²) in [5.41, 5.74) is 1.52. The van der Waals surface area contributed by atoms with Gasteiger partial charge in [0, 0.05) is 17.3 Å². The molecular formula is C28H27N3O7S2. The van der Waals surface area contributed by atoms with E-state index < -0.39 is 26.0 Å². The maximum atomic E-state index is 13.0. The average molecular weight is 582 g/mol. The van der Waals surface area contributed by atoms with Gasteiger partial charge in [-0.3, -0.25) is 14.2 Å². The van der Waals surface area contributed by atoms with Gasteiger partial charge in [-0.05, 0) is 73.2 Å². The van der Waals surface area contributed by atoms with E-state index in [0.717, 1.165) is 0 Å². The van der Waals surface area contributed by atoms with Gasteiger partial charge in [0.2, 0.25) is 0 Å². The first-order valence-corrected chi connectivity index (χ1v) is 14.8. The van der Waals surface area contributed by atoms with Gasteiger partial charge in [-0.25, -0.2) is 16.8 Å². The molecule has 0 saturated heterocycles. The molecule has 10 nitrogen and oxygen atoms in total. The van der Waals surface area contributed by atoms with Crippen molar-refractivity contribution in [3.05, 3.63) is 102 Å². The van der Waals surface area contributed by atoms with Crippen molar-refractivity contribution in [2.75, 3.05) is 29.0 Å². The van der Waals surface area contributed by atoms with Gasteiger partial charge in [-0.2, -0.15) is 0 Å². The number of benzene rings is 4. The van der Waals surface area contributed by atoms with Crippen molar-refractivity contribution >= 4 is 43.0 Å². The molecule has 12 heteroatoms. The zero-order chi connectivity index (χ0) is 28.9. The Labute approximate surface area is 233 Å². The third-order valence-electron chi connectivity index (χ3n) is 5.95. The van der Waals surface area contributed by atoms with Crippen LogP contribution in [0.15, 0.2) is 101 Å². The van der Waals surface area contributed by atoms with Crippen molar-refractivity contribution in [3.63, 3.8) is 0 Å². The van der Waals surface area contributed by atoms with Gasteiger partial charge in [-0.15, -0.1) is 0 Å². The fourth-order valence-corrected chi connectivity index (χ4v) is 6.01. The summed E-state index contributed by atoms with van der Waals surface area (Å²) in [6, 6.07) is 22.9. The lowest BCUT2D eigenvalue weighted by atomic mass is 10.1. The minimum Gasteiger partial charge on any atom is -0.497 e. The molecule has 0 fully saturated rings. The van der Waals surface area contributed by atoms with E-state index in [0.29, 0.717) is 17.0 Å². The fraction of sp³-hybridized carbons (Fsp3) is 0.107. The number of hydrogen-bond acceptors (Lipinski definition) is 7. The molecule has 0 spiro atoms. The molecule has 0 aliphatic carbocycles. The second kappa shape index (κ2) is 11.7. The van der Waals surface area contributed by atoms with Gasteiger partial charge < -0.3 is 14.8 Å². The molecule has 0 heterocycles. The van der Waals surface area contributed by atoms with E-state index in [9.17, 15) is 21.6 Å². The Morgan fingerprint density at radius 3 is 1.93 bits per heavy atom. The van der Waals surface area contributed by atoms with E-state index in [2.05, 4.69) is 14.8 Å². The number of amides is 1. The lowest BCUT2D eigenvalue weighted by Gasteiger charge is -2.15. The Morgan fingerprint density at radius 2 is 1.30 bits per heavy atom. The Bertz CT molecular complexity index is 1740. The van der Waals surface area contributed by atoms with Crippen LogP contribution in [-0.4, -0.2) is 37.0 Å². The first kappa shape index (κ1) is 28.5. The first-order valence-electron chi connectivity index (χ1n) is 11.9. The monoisotopic (exact) mass is 581 g/mol. The van der Waals surface area contributed by atoms with Crippen LogP contribution in [0.3, 0.4) is 0 Å². The van der Waals surface area contributed by atoms with Crippen molar-refractivity contribution < 1.29 is 31.1 Å². The fourth-order valence-electron chi connectivity index (χ4n) is 3.80. The minimum absolute atomic E-state index is 0.0307. The van der Waals surface area contributed by atoms with Crippen molar-refractivity contribution in [3.8, 4) is 11.5 Å². The van der Waals surface area contributed by atoms with Crippen molar-refractivity contribution in [2.45, 2.75) is 16.7 Å². The third-order valence-corrected chi connectivity index (χ3v) is 8.71. The number of nitrogens with one attached hydrogen (secondary N) is 3. The normalized spacial score (nSPS) is 11.4. The topological polar surface area (TPSA) is 140 Å². The van der Waals surface area contributed by atoms with E-state index >= 15 is 0 Å². The van der Waals surface area contributed by atoms with E-state index in [1.54, 1.807) is 55.5 Å². The molecule has 4 aromatic carbocycles. The summed E-state index contributed by atoms with van der Waals surface area (Å²) in [5, 5.41) is 2.71. The standard InChI is InChI=1S/C28H27N3O7S2/c1-19-24(10-7-11-25(19)30-39(33,34)22-8-5-4-6-9-22)28(32)29-20-12-15-23(16-13-20)40(35,36)31-26-17-14-21(37-2)18-27(26)38-3/h4-18,30-31H,1-3H3,(H,29,32). The molecular weight excluding hydrogens is 554 g/mol. The molecule has 1 amide bonds. The van der Waals surface area contributed by atoms with Crippen molar-refractivity contribution in [2.24, 2.45) is 0 Å². The molecule has 0 aliphatic heterocycles. The summed E-state index contributed by atoms with van der Waals surface area (Å²) in [6.45, 7) is 1.63. The molecule has 4 rings (SSSR count). The molecule has 0 aliphatic rings. The summed E-state index contributed by atoms with van der Waals surface area (Å²) in [6.07, 6.45) is 0. The van der Waals surface area contributed by atoms with Crippen LogP contribution >= 0.6 is 0 Å². The maximum absolute atomic E-state index is 13.0. The van der Waals surface area contributed by atoms with Crippen molar-refractivity contribution in [1.29, 1.82) is 0 Å². The molecule has 0 saturated carbocycles. The highest BCUT2D eigenvalue weighted by molar-refractivity contribution is 7.93. The number of anilines is 3. The van der Waals surface area contributed by atoms with Crippen molar-refractivity contribution in [1.82, 2.24) is 0 Å². The number of methoxy groups -OCH3 is 2. The molecule has 0 atom stereocenters. The Balaban J connectivity index is 1.49. The lowest BCUT2D eigenvalue weighted by molar-refractivity contribution is 0.102. The second-order valence-corrected chi connectivity index (χ2v) is 11.9. The summed E-state index contributed by atoms with van der Waals surface area (Å²) in [5.74, 6) is 0.305. The summed E-state index contributed by atoms with van der Waals surface area (Å²) in [4.78, 5) is 13.1. The number of carbonyl (C=O) groups is 1. The van der Waals surface area contributed by atoms with Crippen LogP contribution in [0.5, 0.6) is 11.5 Å². The second-order valence-electron chi connectivity index (χ2n) is 8.55. The summed E-state index contributed by atoms with van der Waals surface area (Å²) in [7, 11) is -4.90. The maximum Gasteiger partial charge on any atom is 0.262 e. The molecule has 40 heavy (non-hydrogen) atoms. The van der Waals surface area contributed by atoms with E-state index in [1.807, 2.05) is 0 Å². The van der Waals surface area contributed by atoms with E-state index in [1.165, 1.54) is 56.7 Å². The number of hydrogen-bond donors (Lipinski definition) is 3. The number of rotatable bonds is 10. The van der Waals surface area contributed by atoms with Gasteiger partial charge in [0.05, 0.1) is 35.4 Å². The summed E-state index contributed by atoms with van der Waals surface area (Å²) >= 11 is 0. The molecule has 208 valence electrons. The molecule has 4 aromatic rings. The smallest absolute Gasteiger partial charge is 0.262 e. The molecule has 0 bridgehead atoms. The van der Waals surface area contributed by atoms with Gasteiger partial charge in [-0.1, -0.05) is 24.3 Å². The predicted molar refractivity (Wildman–Crippen MR) is 153 cm³/mol. The average Bonchev–Trinajstić information content (AvgIpc) is 2.95. The highest BCUT2D eigenvalue weighted by Crippen LogP contribution is 2.31. The van der Waals surface area contributed by atoms with Crippen LogP contribution in [0.25, 0.3) is 0 Å². The third kappa shape index (κ3) is 6.35. The largest absolute Gasteiger partial charge is 0.497 e. The van der Waals surface area contributed by atoms with Crippen LogP contribution in [0.2, 0.25) is 0 Å². The Kier molecular flexibility index (Phi) is 8.31. The minimum atomic E-state index is -3.96. The SMILES string of the molecule is COc1ccc(NS(=O)(=O)c2ccc(NC(=O)c3cccc(NS(=O)(=O)c4ccccc4)c3C)cc2)c(OC)c1. The first-order chi connectivity index (χ1) is 19.0. The highest BCUT2D eigenvalue weighted by Gasteiger charge is 2.20. The van der Waals surface area contributed by atoms with Crippen LogP contribution in [-0.2, 0) is 20.0 Å². The van der Waals surface area contributed by atoms with Gasteiger partial charge in [0.15, 0.2) is 0 Å². The van der Waals surface area contributed by atoms with E-state index in [-0.39, 0.29) is 32.5 Å². The zero-order valence-electron chi connectivity index (χ0n) is 21.8. The number of sulfonamides is 2. The lowest BCUT2D eigenvalue weighted by Crippen LogP contribution is -2.17. The number of carbonyl (C=O) groups excluding carboxylic acids is 1. The van der Waals surface area contributed by atoms with Crippen LogP contribution in [0, 0.1) is 6.92 Å². The highest BCUT2D eigenvalue weighted by atomic mass is 32.2. The molecule has 0 radical (unpaired) electrons. The Hall–Kier alpha value is -4.55. The zero-order valence-corrected chi connectivity index (χ0v) is 23.5. The van der Waals surface area contributed by atoms with Crippen LogP contribution in [0.1, 0.15) is 15.9 Å². The number of ether oxygens (including phenoxy) is 2. The van der Waals surface area contributed by atoms with Gasteiger partial charge in [0.1, 0.15) is 11.5 Å². The van der Waals surface area contributed by atoms with Gasteiger partial charge in [0.25, 0.3) is 26.0 Å². The Morgan fingerprint density at radius 1 is 0.675 bits per heavy atom. The quantitative estimate of drug-likeness (QED) is 0.243. The summed E-state index contributed by atoms with van der Waals surface area (Å²) < 4.78 is 66.7. The molecule has 0 unspecified atom stereocenters. The van der Waals surface area contributed by atoms with E-state index in [4.69, 9.17) is 9.47 Å². The molecule has 3 N–H and O–H groups in total.